The monoisotopic (exact) mass is 488 g/mol. The Bertz CT molecular complexity index is 1040. The van der Waals surface area contributed by atoms with Crippen molar-refractivity contribution >= 4 is 27.9 Å². The molecule has 0 fully saturated rings. The number of esters is 1. The largest absolute Gasteiger partial charge is 0.490 e. The van der Waals surface area contributed by atoms with Crippen molar-refractivity contribution in [2.45, 2.75) is 13.0 Å². The number of hydrogen-bond donors (Lipinski definition) is 1. The minimum absolute atomic E-state index is 0.0667. The first-order valence-corrected chi connectivity index (χ1v) is 10.4. The van der Waals surface area contributed by atoms with Crippen molar-refractivity contribution < 1.29 is 28.5 Å². The average Bonchev–Trinajstić information content (AvgIpc) is 3.22. The first-order valence-electron chi connectivity index (χ1n) is 9.64. The molecule has 0 saturated heterocycles. The van der Waals surface area contributed by atoms with E-state index in [0.717, 1.165) is 0 Å². The van der Waals surface area contributed by atoms with Crippen LogP contribution < -0.4 is 19.5 Å². The highest BCUT2D eigenvalue weighted by Gasteiger charge is 2.37. The Balaban J connectivity index is 1.54. The van der Waals surface area contributed by atoms with Crippen LogP contribution in [0.2, 0.25) is 0 Å². The van der Waals surface area contributed by atoms with Crippen molar-refractivity contribution in [3.63, 3.8) is 0 Å². The second-order valence-corrected chi connectivity index (χ2v) is 7.82. The third-order valence-corrected chi connectivity index (χ3v) is 5.79. The minimum Gasteiger partial charge on any atom is -0.490 e. The molecule has 9 heteroatoms. The fraction of sp³-hybridized carbons (Fsp3) is 0.273. The predicted molar refractivity (Wildman–Crippen MR) is 115 cm³/mol. The van der Waals surface area contributed by atoms with Gasteiger partial charge in [-0.25, -0.2) is 9.59 Å². The highest BCUT2D eigenvalue weighted by Crippen LogP contribution is 2.42. The summed E-state index contributed by atoms with van der Waals surface area (Å²) in [6.45, 7) is 2.11. The van der Waals surface area contributed by atoms with Crippen LogP contribution in [0, 0.1) is 0 Å². The molecule has 8 nitrogen and oxygen atoms in total. The summed E-state index contributed by atoms with van der Waals surface area (Å²) < 4.78 is 22.6. The molecule has 1 N–H and O–H groups in total. The van der Waals surface area contributed by atoms with Crippen LogP contribution in [-0.4, -0.2) is 44.0 Å². The van der Waals surface area contributed by atoms with E-state index in [2.05, 4.69) is 21.2 Å². The third-order valence-electron chi connectivity index (χ3n) is 5.11. The molecule has 0 bridgehead atoms. The number of nitrogens with zero attached hydrogens (tertiary/aromatic N) is 1. The number of halogens is 1. The quantitative estimate of drug-likeness (QED) is 0.491. The second-order valence-electron chi connectivity index (χ2n) is 6.97. The number of hydrogen-bond acceptors (Lipinski definition) is 6. The zero-order valence-corrected chi connectivity index (χ0v) is 18.6. The number of nitrogens with one attached hydrogen (secondary N) is 1. The minimum atomic E-state index is -0.713. The highest BCUT2D eigenvalue weighted by molar-refractivity contribution is 9.10. The van der Waals surface area contributed by atoms with Crippen LogP contribution in [0.25, 0.3) is 0 Å². The SMILES string of the molecule is CC1=C(C(=O)OCCOc2ccccc2)C(c2cc3c(cc2Br)OCO3)NC(=O)N1C. The highest BCUT2D eigenvalue weighted by atomic mass is 79.9. The Morgan fingerprint density at radius 3 is 2.65 bits per heavy atom. The van der Waals surface area contributed by atoms with E-state index in [-0.39, 0.29) is 26.0 Å². The summed E-state index contributed by atoms with van der Waals surface area (Å²) in [4.78, 5) is 26.9. The maximum atomic E-state index is 13.0. The molecule has 2 aliphatic rings. The van der Waals surface area contributed by atoms with Crippen molar-refractivity contribution in [2.24, 2.45) is 0 Å². The number of urea groups is 1. The van der Waals surface area contributed by atoms with E-state index in [4.69, 9.17) is 18.9 Å². The van der Waals surface area contributed by atoms with Gasteiger partial charge in [0.2, 0.25) is 6.79 Å². The molecular formula is C22H21BrN2O6. The maximum absolute atomic E-state index is 13.0. The number of benzene rings is 2. The first kappa shape index (κ1) is 21.0. The number of carbonyl (C=O) groups excluding carboxylic acids is 2. The molecule has 0 saturated carbocycles. The fourth-order valence-corrected chi connectivity index (χ4v) is 3.93. The number of ether oxygens (including phenoxy) is 4. The van der Waals surface area contributed by atoms with E-state index in [1.54, 1.807) is 26.1 Å². The lowest BCUT2D eigenvalue weighted by atomic mass is 9.94. The van der Waals surface area contributed by atoms with Crippen molar-refractivity contribution in [3.05, 3.63) is 63.8 Å². The third kappa shape index (κ3) is 4.32. The molecule has 0 radical (unpaired) electrons. The van der Waals surface area contributed by atoms with Gasteiger partial charge in [0.25, 0.3) is 0 Å². The van der Waals surface area contributed by atoms with Crippen LogP contribution in [0.15, 0.2) is 58.2 Å². The van der Waals surface area contributed by atoms with E-state index in [1.807, 2.05) is 30.3 Å². The molecule has 31 heavy (non-hydrogen) atoms. The standard InChI is InChI=1S/C22H21BrN2O6/c1-13-19(21(26)29-9-8-28-14-6-4-3-5-7-14)20(24-22(27)25(13)2)15-10-17-18(11-16(15)23)31-12-30-17/h3-7,10-11,20H,8-9,12H2,1-2H3,(H,24,27). The Labute approximate surface area is 187 Å². The lowest BCUT2D eigenvalue weighted by Crippen LogP contribution is -2.46. The van der Waals surface area contributed by atoms with E-state index in [1.165, 1.54) is 4.90 Å². The van der Waals surface area contributed by atoms with Gasteiger partial charge in [0.1, 0.15) is 19.0 Å². The number of rotatable bonds is 6. The van der Waals surface area contributed by atoms with Gasteiger partial charge >= 0.3 is 12.0 Å². The molecule has 0 spiro atoms. The zero-order chi connectivity index (χ0) is 22.0. The molecule has 1 unspecified atom stereocenters. The van der Waals surface area contributed by atoms with E-state index in [9.17, 15) is 9.59 Å². The Morgan fingerprint density at radius 2 is 1.90 bits per heavy atom. The summed E-state index contributed by atoms with van der Waals surface area (Å²) >= 11 is 3.51. The molecule has 4 rings (SSSR count). The molecule has 0 aliphatic carbocycles. The van der Waals surface area contributed by atoms with Gasteiger partial charge in [-0.15, -0.1) is 0 Å². The molecule has 1 atom stereocenters. The smallest absolute Gasteiger partial charge is 0.338 e. The second kappa shape index (κ2) is 8.89. The van der Waals surface area contributed by atoms with Crippen LogP contribution in [0.1, 0.15) is 18.5 Å². The molecule has 2 aromatic rings. The Kier molecular flexibility index (Phi) is 6.03. The van der Waals surface area contributed by atoms with Gasteiger partial charge in [-0.2, -0.15) is 0 Å². The van der Waals surface area contributed by atoms with Crippen molar-refractivity contribution in [1.29, 1.82) is 0 Å². The topological polar surface area (TPSA) is 86.3 Å². The summed E-state index contributed by atoms with van der Waals surface area (Å²) in [5, 5.41) is 2.86. The number of carbonyl (C=O) groups is 2. The Morgan fingerprint density at radius 1 is 1.19 bits per heavy atom. The maximum Gasteiger partial charge on any atom is 0.338 e. The number of para-hydroxylation sites is 1. The number of amides is 2. The van der Waals surface area contributed by atoms with Crippen LogP contribution in [0.5, 0.6) is 17.2 Å². The van der Waals surface area contributed by atoms with Gasteiger partial charge < -0.3 is 29.2 Å². The summed E-state index contributed by atoms with van der Waals surface area (Å²) in [5.41, 5.74) is 1.51. The molecule has 2 aromatic carbocycles. The predicted octanol–water partition coefficient (Wildman–Crippen LogP) is 3.77. The van der Waals surface area contributed by atoms with E-state index in [0.29, 0.717) is 38.6 Å². The molecule has 2 heterocycles. The van der Waals surface area contributed by atoms with Crippen molar-refractivity contribution in [1.82, 2.24) is 10.2 Å². The Hall–Kier alpha value is -3.20. The lowest BCUT2D eigenvalue weighted by molar-refractivity contribution is -0.140. The summed E-state index contributed by atoms with van der Waals surface area (Å²) in [7, 11) is 1.60. The summed E-state index contributed by atoms with van der Waals surface area (Å²) in [6.07, 6.45) is 0. The normalized spacial score (nSPS) is 17.5. The van der Waals surface area contributed by atoms with Crippen molar-refractivity contribution in [3.8, 4) is 17.2 Å². The van der Waals surface area contributed by atoms with Crippen LogP contribution >= 0.6 is 15.9 Å². The van der Waals surface area contributed by atoms with Gasteiger partial charge in [-0.05, 0) is 36.8 Å². The zero-order valence-electron chi connectivity index (χ0n) is 17.0. The van der Waals surface area contributed by atoms with Crippen LogP contribution in [0.4, 0.5) is 4.79 Å². The fourth-order valence-electron chi connectivity index (χ4n) is 3.38. The lowest BCUT2D eigenvalue weighted by Gasteiger charge is -2.33. The van der Waals surface area contributed by atoms with E-state index >= 15 is 0 Å². The van der Waals surface area contributed by atoms with Gasteiger partial charge in [-0.3, -0.25) is 0 Å². The van der Waals surface area contributed by atoms with Crippen molar-refractivity contribution in [2.75, 3.05) is 27.1 Å². The van der Waals surface area contributed by atoms with Gasteiger partial charge in [0.05, 0.1) is 11.6 Å². The van der Waals surface area contributed by atoms with Gasteiger partial charge in [0, 0.05) is 17.2 Å². The number of allylic oxidation sites excluding steroid dienone is 1. The van der Waals surface area contributed by atoms with E-state index < -0.39 is 12.0 Å². The molecule has 2 aliphatic heterocycles. The summed E-state index contributed by atoms with van der Waals surface area (Å²) in [5.74, 6) is 1.31. The van der Waals surface area contributed by atoms with Crippen LogP contribution in [-0.2, 0) is 9.53 Å². The van der Waals surface area contributed by atoms with Gasteiger partial charge in [-0.1, -0.05) is 34.1 Å². The first-order chi connectivity index (χ1) is 15.0. The molecule has 2 amide bonds. The van der Waals surface area contributed by atoms with Crippen LogP contribution in [0.3, 0.4) is 0 Å². The average molecular weight is 489 g/mol. The molecular weight excluding hydrogens is 468 g/mol. The van der Waals surface area contributed by atoms with Gasteiger partial charge in [0.15, 0.2) is 11.5 Å². The number of fused-ring (bicyclic) bond motifs is 1. The molecule has 162 valence electrons. The summed E-state index contributed by atoms with van der Waals surface area (Å²) in [6, 6.07) is 11.8. The molecule has 0 aromatic heterocycles.